The van der Waals surface area contributed by atoms with Crippen molar-refractivity contribution < 1.29 is 9.59 Å². The van der Waals surface area contributed by atoms with Gasteiger partial charge >= 0.3 is 6.03 Å². The van der Waals surface area contributed by atoms with Crippen LogP contribution in [0.5, 0.6) is 0 Å². The molecular weight excluding hydrogens is 388 g/mol. The normalized spacial score (nSPS) is 14.0. The maximum atomic E-state index is 12.6. The first-order valence-corrected chi connectivity index (χ1v) is 11.2. The van der Waals surface area contributed by atoms with Gasteiger partial charge in [-0.3, -0.25) is 4.79 Å². The fourth-order valence-electron chi connectivity index (χ4n) is 4.01. The van der Waals surface area contributed by atoms with Crippen LogP contribution < -0.4 is 15.5 Å². The van der Waals surface area contributed by atoms with Crippen LogP contribution >= 0.6 is 0 Å². The van der Waals surface area contributed by atoms with Gasteiger partial charge in [0.15, 0.2) is 0 Å². The van der Waals surface area contributed by atoms with Crippen molar-refractivity contribution in [1.29, 1.82) is 0 Å². The van der Waals surface area contributed by atoms with Gasteiger partial charge in [-0.25, -0.2) is 4.79 Å². The van der Waals surface area contributed by atoms with E-state index in [2.05, 4.69) is 29.4 Å². The SMILES string of the molecule is CCC(CC)C(=O)N1CCN(c2ccc(NC(=O)Nc3cccc(C)c3C)cc2)CC1. The largest absolute Gasteiger partial charge is 0.368 e. The zero-order valence-corrected chi connectivity index (χ0v) is 19.1. The Balaban J connectivity index is 1.53. The molecule has 31 heavy (non-hydrogen) atoms. The molecule has 1 aliphatic heterocycles. The molecule has 166 valence electrons. The molecule has 6 heteroatoms. The third-order valence-electron chi connectivity index (χ3n) is 6.27. The average molecular weight is 423 g/mol. The summed E-state index contributed by atoms with van der Waals surface area (Å²) in [7, 11) is 0. The molecule has 1 fully saturated rings. The first-order valence-electron chi connectivity index (χ1n) is 11.2. The second kappa shape index (κ2) is 10.3. The van der Waals surface area contributed by atoms with E-state index in [4.69, 9.17) is 0 Å². The Morgan fingerprint density at radius 1 is 0.903 bits per heavy atom. The van der Waals surface area contributed by atoms with Crippen molar-refractivity contribution >= 4 is 29.0 Å². The summed E-state index contributed by atoms with van der Waals surface area (Å²) in [5.74, 6) is 0.436. The Hall–Kier alpha value is -3.02. The van der Waals surface area contributed by atoms with Crippen LogP contribution in [0.25, 0.3) is 0 Å². The van der Waals surface area contributed by atoms with Crippen LogP contribution in [0.1, 0.15) is 37.8 Å². The number of hydrogen-bond acceptors (Lipinski definition) is 3. The lowest BCUT2D eigenvalue weighted by Gasteiger charge is -2.37. The standard InChI is InChI=1S/C25H34N4O2/c1-5-20(6-2)24(30)29-16-14-28(15-17-29)22-12-10-21(11-13-22)26-25(31)27-23-9-7-8-18(3)19(23)4/h7-13,20H,5-6,14-17H2,1-4H3,(H2,26,27,31). The first kappa shape index (κ1) is 22.7. The van der Waals surface area contributed by atoms with Crippen LogP contribution in [0.3, 0.4) is 0 Å². The summed E-state index contributed by atoms with van der Waals surface area (Å²) in [5, 5.41) is 5.81. The van der Waals surface area contributed by atoms with Crippen molar-refractivity contribution in [3.05, 3.63) is 53.6 Å². The van der Waals surface area contributed by atoms with E-state index in [1.165, 1.54) is 0 Å². The molecule has 0 radical (unpaired) electrons. The van der Waals surface area contributed by atoms with E-state index >= 15 is 0 Å². The quantitative estimate of drug-likeness (QED) is 0.686. The molecule has 2 N–H and O–H groups in total. The molecule has 3 rings (SSSR count). The van der Waals surface area contributed by atoms with E-state index in [9.17, 15) is 9.59 Å². The highest BCUT2D eigenvalue weighted by Crippen LogP contribution is 2.22. The number of piperazine rings is 1. The van der Waals surface area contributed by atoms with Crippen molar-refractivity contribution in [2.45, 2.75) is 40.5 Å². The Bertz CT molecular complexity index is 898. The molecule has 0 saturated carbocycles. The molecular formula is C25H34N4O2. The molecule has 0 atom stereocenters. The second-order valence-electron chi connectivity index (χ2n) is 8.20. The highest BCUT2D eigenvalue weighted by molar-refractivity contribution is 6.00. The number of benzene rings is 2. The fraction of sp³-hybridized carbons (Fsp3) is 0.440. The maximum Gasteiger partial charge on any atom is 0.323 e. The summed E-state index contributed by atoms with van der Waals surface area (Å²) in [6, 6.07) is 13.5. The third kappa shape index (κ3) is 5.57. The summed E-state index contributed by atoms with van der Waals surface area (Å²) < 4.78 is 0. The first-order chi connectivity index (χ1) is 14.9. The minimum absolute atomic E-state index is 0.145. The molecule has 1 heterocycles. The zero-order valence-electron chi connectivity index (χ0n) is 19.1. The highest BCUT2D eigenvalue weighted by Gasteiger charge is 2.25. The lowest BCUT2D eigenvalue weighted by atomic mass is 10.0. The van der Waals surface area contributed by atoms with E-state index < -0.39 is 0 Å². The number of nitrogens with one attached hydrogen (secondary N) is 2. The molecule has 0 bridgehead atoms. The van der Waals surface area contributed by atoms with Crippen molar-refractivity contribution in [1.82, 2.24) is 4.90 Å². The average Bonchev–Trinajstić information content (AvgIpc) is 2.78. The molecule has 3 amide bonds. The van der Waals surface area contributed by atoms with Gasteiger partial charge in [0.2, 0.25) is 5.91 Å². The molecule has 0 unspecified atom stereocenters. The van der Waals surface area contributed by atoms with E-state index in [1.807, 2.05) is 61.2 Å². The number of urea groups is 1. The van der Waals surface area contributed by atoms with Crippen LogP contribution in [0.4, 0.5) is 21.9 Å². The van der Waals surface area contributed by atoms with E-state index in [1.54, 1.807) is 0 Å². The van der Waals surface area contributed by atoms with E-state index in [0.29, 0.717) is 5.91 Å². The molecule has 6 nitrogen and oxygen atoms in total. The molecule has 1 saturated heterocycles. The molecule has 2 aromatic carbocycles. The fourth-order valence-corrected chi connectivity index (χ4v) is 4.01. The van der Waals surface area contributed by atoms with Gasteiger partial charge in [-0.05, 0) is 68.1 Å². The van der Waals surface area contributed by atoms with Gasteiger partial charge in [0, 0.05) is 49.2 Å². The number of rotatable bonds is 6. The Morgan fingerprint density at radius 2 is 1.55 bits per heavy atom. The van der Waals surface area contributed by atoms with Crippen LogP contribution in [0.2, 0.25) is 0 Å². The summed E-state index contributed by atoms with van der Waals surface area (Å²) in [6.45, 7) is 11.4. The van der Waals surface area contributed by atoms with Gasteiger partial charge in [0.1, 0.15) is 0 Å². The van der Waals surface area contributed by atoms with Gasteiger partial charge in [0.05, 0.1) is 0 Å². The zero-order chi connectivity index (χ0) is 22.4. The van der Waals surface area contributed by atoms with Gasteiger partial charge in [-0.1, -0.05) is 26.0 Å². The minimum atomic E-state index is -0.255. The number of carbonyl (C=O) groups is 2. The molecule has 1 aliphatic rings. The minimum Gasteiger partial charge on any atom is -0.368 e. The van der Waals surface area contributed by atoms with Crippen molar-refractivity contribution in [2.75, 3.05) is 41.7 Å². The van der Waals surface area contributed by atoms with Crippen molar-refractivity contribution in [2.24, 2.45) is 5.92 Å². The molecule has 0 aliphatic carbocycles. The Morgan fingerprint density at radius 3 is 2.16 bits per heavy atom. The molecule has 0 spiro atoms. The lowest BCUT2D eigenvalue weighted by molar-refractivity contribution is -0.136. The summed E-state index contributed by atoms with van der Waals surface area (Å²) in [6.07, 6.45) is 1.81. The van der Waals surface area contributed by atoms with Gasteiger partial charge < -0.3 is 20.4 Å². The van der Waals surface area contributed by atoms with Gasteiger partial charge in [-0.15, -0.1) is 0 Å². The number of aryl methyl sites for hydroxylation is 1. The van der Waals surface area contributed by atoms with Gasteiger partial charge in [-0.2, -0.15) is 0 Å². The summed E-state index contributed by atoms with van der Waals surface area (Å²) >= 11 is 0. The maximum absolute atomic E-state index is 12.6. The second-order valence-corrected chi connectivity index (χ2v) is 8.20. The monoisotopic (exact) mass is 422 g/mol. The number of hydrogen-bond donors (Lipinski definition) is 2. The molecule has 2 aromatic rings. The summed E-state index contributed by atoms with van der Waals surface area (Å²) in [4.78, 5) is 29.2. The van der Waals surface area contributed by atoms with Crippen LogP contribution in [0, 0.1) is 19.8 Å². The number of anilines is 3. The van der Waals surface area contributed by atoms with Crippen LogP contribution in [-0.4, -0.2) is 43.0 Å². The Labute approximate surface area is 185 Å². The van der Waals surface area contributed by atoms with Gasteiger partial charge in [0.25, 0.3) is 0 Å². The number of carbonyl (C=O) groups excluding carboxylic acids is 2. The highest BCUT2D eigenvalue weighted by atomic mass is 16.2. The topological polar surface area (TPSA) is 64.7 Å². The Kier molecular flexibility index (Phi) is 7.55. The van der Waals surface area contributed by atoms with Crippen molar-refractivity contribution in [3.63, 3.8) is 0 Å². The predicted molar refractivity (Wildman–Crippen MR) is 128 cm³/mol. The summed E-state index contributed by atoms with van der Waals surface area (Å²) in [5.41, 5.74) is 4.87. The van der Waals surface area contributed by atoms with E-state index in [0.717, 1.165) is 67.2 Å². The third-order valence-corrected chi connectivity index (χ3v) is 6.27. The number of amides is 3. The van der Waals surface area contributed by atoms with Crippen molar-refractivity contribution in [3.8, 4) is 0 Å². The van der Waals surface area contributed by atoms with Crippen LogP contribution in [0.15, 0.2) is 42.5 Å². The lowest BCUT2D eigenvalue weighted by Crippen LogP contribution is -2.50. The van der Waals surface area contributed by atoms with E-state index in [-0.39, 0.29) is 11.9 Å². The smallest absolute Gasteiger partial charge is 0.323 e. The number of nitrogens with zero attached hydrogens (tertiary/aromatic N) is 2. The van der Waals surface area contributed by atoms with Crippen LogP contribution in [-0.2, 0) is 4.79 Å². The molecule has 0 aromatic heterocycles. The predicted octanol–water partition coefficient (Wildman–Crippen LogP) is 5.03.